The summed E-state index contributed by atoms with van der Waals surface area (Å²) < 4.78 is 0. The maximum Gasteiger partial charge on any atom is 0.0459 e. The van der Waals surface area contributed by atoms with E-state index in [-0.39, 0.29) is 0 Å². The Labute approximate surface area is 154 Å². The van der Waals surface area contributed by atoms with Gasteiger partial charge < -0.3 is 4.98 Å². The third-order valence-corrected chi connectivity index (χ3v) is 6.17. The Morgan fingerprint density at radius 2 is 2.16 bits per heavy atom. The summed E-state index contributed by atoms with van der Waals surface area (Å²) in [4.78, 5) is 7.47. The number of nitrogens with zero attached hydrogens (tertiary/aromatic N) is 1. The first-order chi connectivity index (χ1) is 12.3. The number of thiophene rings is 1. The minimum absolute atomic E-state index is 1.11. The fraction of sp³-hybridized carbons (Fsp3) is 0.364. The number of unbranched alkanes of at least 4 members (excludes halogenated alkanes) is 1. The van der Waals surface area contributed by atoms with Crippen LogP contribution in [0.1, 0.15) is 35.3 Å². The minimum Gasteiger partial charge on any atom is -0.361 e. The molecule has 1 N–H and O–H groups in total. The lowest BCUT2D eigenvalue weighted by atomic mass is 10.0. The fourth-order valence-corrected chi connectivity index (χ4v) is 4.55. The predicted octanol–water partition coefficient (Wildman–Crippen LogP) is 5.65. The highest BCUT2D eigenvalue weighted by Gasteiger charge is 2.13. The molecular weight excluding hydrogens is 324 g/mol. The maximum atomic E-state index is 3.42. The van der Waals surface area contributed by atoms with Crippen molar-refractivity contribution in [3.8, 4) is 0 Å². The quantitative estimate of drug-likeness (QED) is 0.569. The molecule has 1 aliphatic heterocycles. The molecule has 25 heavy (non-hydrogen) atoms. The highest BCUT2D eigenvalue weighted by molar-refractivity contribution is 7.11. The SMILES string of the molecule is Cc1ccc2c(CCCCN3CC=C(c4cccs4)CC3)c[nH]c2c1. The number of aromatic amines is 1. The van der Waals surface area contributed by atoms with Crippen molar-refractivity contribution in [1.29, 1.82) is 0 Å². The van der Waals surface area contributed by atoms with Gasteiger partial charge in [0.25, 0.3) is 0 Å². The van der Waals surface area contributed by atoms with Gasteiger partial charge in [0.05, 0.1) is 0 Å². The monoisotopic (exact) mass is 350 g/mol. The third kappa shape index (κ3) is 3.88. The van der Waals surface area contributed by atoms with Crippen LogP contribution in [0.5, 0.6) is 0 Å². The molecule has 3 aromatic rings. The molecule has 0 aliphatic carbocycles. The summed E-state index contributed by atoms with van der Waals surface area (Å²) in [6.45, 7) is 5.68. The van der Waals surface area contributed by atoms with Crippen LogP contribution in [0.15, 0.2) is 48.0 Å². The standard InChI is InChI=1S/C22H26N2S/c1-17-7-8-20-19(16-23-21(20)15-17)5-2-3-11-24-12-9-18(10-13-24)22-6-4-14-25-22/h4,6-9,14-16,23H,2-3,5,10-13H2,1H3. The second kappa shape index (κ2) is 7.59. The molecule has 3 heterocycles. The first kappa shape index (κ1) is 16.6. The molecule has 4 rings (SSSR count). The number of benzene rings is 1. The summed E-state index contributed by atoms with van der Waals surface area (Å²) in [5, 5.41) is 3.57. The first-order valence-corrected chi connectivity index (χ1v) is 10.2. The van der Waals surface area contributed by atoms with E-state index >= 15 is 0 Å². The molecule has 0 radical (unpaired) electrons. The van der Waals surface area contributed by atoms with Gasteiger partial charge in [-0.3, -0.25) is 4.90 Å². The van der Waals surface area contributed by atoms with Crippen LogP contribution in [0, 0.1) is 6.92 Å². The number of nitrogens with one attached hydrogen (secondary N) is 1. The predicted molar refractivity (Wildman–Crippen MR) is 109 cm³/mol. The molecule has 0 saturated carbocycles. The van der Waals surface area contributed by atoms with Gasteiger partial charge >= 0.3 is 0 Å². The molecule has 3 heteroatoms. The summed E-state index contributed by atoms with van der Waals surface area (Å²) in [5.41, 5.74) is 5.60. The Balaban J connectivity index is 1.25. The van der Waals surface area contributed by atoms with Gasteiger partial charge in [0.15, 0.2) is 0 Å². The molecule has 2 nitrogen and oxygen atoms in total. The average Bonchev–Trinajstić information content (AvgIpc) is 3.29. The summed E-state index contributed by atoms with van der Waals surface area (Å²) in [5.74, 6) is 0. The van der Waals surface area contributed by atoms with Crippen molar-refractivity contribution in [2.24, 2.45) is 0 Å². The molecule has 0 amide bonds. The van der Waals surface area contributed by atoms with Crippen LogP contribution in [-0.4, -0.2) is 29.5 Å². The van der Waals surface area contributed by atoms with E-state index in [1.807, 2.05) is 11.3 Å². The zero-order valence-corrected chi connectivity index (χ0v) is 15.7. The maximum absolute atomic E-state index is 3.42. The molecule has 2 aromatic heterocycles. The van der Waals surface area contributed by atoms with Crippen molar-refractivity contribution in [2.75, 3.05) is 19.6 Å². The van der Waals surface area contributed by atoms with E-state index in [1.54, 1.807) is 5.57 Å². The van der Waals surface area contributed by atoms with Gasteiger partial charge in [0, 0.05) is 35.1 Å². The Bertz CT molecular complexity index is 857. The molecule has 0 spiro atoms. The number of rotatable bonds is 6. The van der Waals surface area contributed by atoms with Crippen LogP contribution in [0.3, 0.4) is 0 Å². The van der Waals surface area contributed by atoms with Gasteiger partial charge in [0.2, 0.25) is 0 Å². The number of hydrogen-bond acceptors (Lipinski definition) is 2. The van der Waals surface area contributed by atoms with Crippen LogP contribution in [0.2, 0.25) is 0 Å². The van der Waals surface area contributed by atoms with E-state index in [9.17, 15) is 0 Å². The van der Waals surface area contributed by atoms with Gasteiger partial charge in [-0.05, 0) is 73.4 Å². The van der Waals surface area contributed by atoms with Crippen molar-refractivity contribution < 1.29 is 0 Å². The van der Waals surface area contributed by atoms with Crippen LogP contribution < -0.4 is 0 Å². The van der Waals surface area contributed by atoms with E-state index in [4.69, 9.17) is 0 Å². The fourth-order valence-electron chi connectivity index (χ4n) is 3.76. The summed E-state index contributed by atoms with van der Waals surface area (Å²) >= 11 is 1.86. The van der Waals surface area contributed by atoms with Crippen LogP contribution in [0.25, 0.3) is 16.5 Å². The lowest BCUT2D eigenvalue weighted by molar-refractivity contribution is 0.295. The molecule has 0 fully saturated rings. The van der Waals surface area contributed by atoms with E-state index in [0.717, 1.165) is 6.54 Å². The number of aromatic nitrogens is 1. The van der Waals surface area contributed by atoms with Gasteiger partial charge in [-0.2, -0.15) is 0 Å². The van der Waals surface area contributed by atoms with Crippen LogP contribution >= 0.6 is 11.3 Å². The van der Waals surface area contributed by atoms with E-state index in [2.05, 4.69) is 64.8 Å². The normalized spacial score (nSPS) is 15.6. The second-order valence-electron chi connectivity index (χ2n) is 7.08. The number of aryl methyl sites for hydroxylation is 2. The molecule has 0 saturated heterocycles. The molecule has 1 aliphatic rings. The number of fused-ring (bicyclic) bond motifs is 1. The Hall–Kier alpha value is -1.84. The molecule has 130 valence electrons. The number of hydrogen-bond donors (Lipinski definition) is 1. The van der Waals surface area contributed by atoms with Crippen molar-refractivity contribution >= 4 is 27.8 Å². The zero-order chi connectivity index (χ0) is 17.1. The first-order valence-electron chi connectivity index (χ1n) is 9.31. The Morgan fingerprint density at radius 3 is 2.96 bits per heavy atom. The largest absolute Gasteiger partial charge is 0.361 e. The summed E-state index contributed by atoms with van der Waals surface area (Å²) in [6, 6.07) is 11.1. The van der Waals surface area contributed by atoms with Crippen molar-refractivity contribution in [2.45, 2.75) is 32.6 Å². The van der Waals surface area contributed by atoms with Crippen LogP contribution in [-0.2, 0) is 6.42 Å². The summed E-state index contributed by atoms with van der Waals surface area (Å²) in [6.07, 6.45) is 9.54. The van der Waals surface area contributed by atoms with Gasteiger partial charge in [0.1, 0.15) is 0 Å². The summed E-state index contributed by atoms with van der Waals surface area (Å²) in [7, 11) is 0. The van der Waals surface area contributed by atoms with Gasteiger partial charge in [-0.1, -0.05) is 24.3 Å². The minimum atomic E-state index is 1.11. The highest BCUT2D eigenvalue weighted by Crippen LogP contribution is 2.26. The Kier molecular flexibility index (Phi) is 5.04. The lowest BCUT2D eigenvalue weighted by Crippen LogP contribution is -2.29. The average molecular weight is 351 g/mol. The molecule has 1 aromatic carbocycles. The van der Waals surface area contributed by atoms with E-state index in [0.29, 0.717) is 0 Å². The van der Waals surface area contributed by atoms with Gasteiger partial charge in [-0.15, -0.1) is 11.3 Å². The van der Waals surface area contributed by atoms with Gasteiger partial charge in [-0.25, -0.2) is 0 Å². The lowest BCUT2D eigenvalue weighted by Gasteiger charge is -2.25. The van der Waals surface area contributed by atoms with Crippen molar-refractivity contribution in [3.05, 3.63) is 64.0 Å². The highest BCUT2D eigenvalue weighted by atomic mass is 32.1. The molecule has 0 bridgehead atoms. The Morgan fingerprint density at radius 1 is 1.20 bits per heavy atom. The second-order valence-corrected chi connectivity index (χ2v) is 8.03. The molecular formula is C22H26N2S. The molecule has 0 atom stereocenters. The van der Waals surface area contributed by atoms with Crippen LogP contribution in [0.4, 0.5) is 0 Å². The smallest absolute Gasteiger partial charge is 0.0459 e. The molecule has 0 unspecified atom stereocenters. The van der Waals surface area contributed by atoms with Crippen molar-refractivity contribution in [1.82, 2.24) is 9.88 Å². The third-order valence-electron chi connectivity index (χ3n) is 5.22. The van der Waals surface area contributed by atoms with E-state index in [1.165, 1.54) is 65.7 Å². The number of H-pyrrole nitrogens is 1. The van der Waals surface area contributed by atoms with Crippen molar-refractivity contribution in [3.63, 3.8) is 0 Å². The van der Waals surface area contributed by atoms with E-state index < -0.39 is 0 Å². The topological polar surface area (TPSA) is 19.0 Å². The zero-order valence-electron chi connectivity index (χ0n) is 14.9.